The normalized spacial score (nSPS) is 10.4. The van der Waals surface area contributed by atoms with Crippen LogP contribution in [0.25, 0.3) is 0 Å². The van der Waals surface area contributed by atoms with E-state index >= 15 is 0 Å². The van der Waals surface area contributed by atoms with Gasteiger partial charge in [0.05, 0.1) is 7.11 Å². The Hall–Kier alpha value is -2.07. The summed E-state index contributed by atoms with van der Waals surface area (Å²) < 4.78 is 18.6. The van der Waals surface area contributed by atoms with Crippen LogP contribution in [0.1, 0.15) is 11.1 Å². The van der Waals surface area contributed by atoms with Gasteiger partial charge in [0.25, 0.3) is 0 Å². The predicted molar refractivity (Wildman–Crippen MR) is 79.4 cm³/mol. The molecular weight excluding hydrogens is 255 g/mol. The first-order valence-electron chi connectivity index (χ1n) is 6.47. The highest BCUT2D eigenvalue weighted by atomic mass is 19.1. The third-order valence-electron chi connectivity index (χ3n) is 3.26. The molecule has 0 radical (unpaired) electrons. The van der Waals surface area contributed by atoms with Gasteiger partial charge in [0.15, 0.2) is 11.6 Å². The van der Waals surface area contributed by atoms with Crippen molar-refractivity contribution < 1.29 is 9.13 Å². The summed E-state index contributed by atoms with van der Waals surface area (Å²) in [4.78, 5) is 2.06. The lowest BCUT2D eigenvalue weighted by Gasteiger charge is -2.22. The van der Waals surface area contributed by atoms with Gasteiger partial charge >= 0.3 is 0 Å². The van der Waals surface area contributed by atoms with E-state index in [1.54, 1.807) is 6.07 Å². The first kappa shape index (κ1) is 14.3. The minimum Gasteiger partial charge on any atom is -0.494 e. The van der Waals surface area contributed by atoms with E-state index in [0.29, 0.717) is 13.1 Å². The van der Waals surface area contributed by atoms with Gasteiger partial charge in [-0.3, -0.25) is 0 Å². The fraction of sp³-hybridized carbons (Fsp3) is 0.250. The standard InChI is InChI=1S/C16H19FN2O/c1-19(15-6-4-3-5-13(15)10-18)11-12-7-8-16(20-2)14(17)9-12/h3-9H,10-11,18H2,1-2H3. The molecule has 0 aromatic heterocycles. The largest absolute Gasteiger partial charge is 0.494 e. The Bertz CT molecular complexity index is 586. The zero-order valence-corrected chi connectivity index (χ0v) is 11.8. The van der Waals surface area contributed by atoms with Gasteiger partial charge in [-0.25, -0.2) is 4.39 Å². The van der Waals surface area contributed by atoms with Crippen LogP contribution in [0, 0.1) is 5.82 Å². The molecule has 20 heavy (non-hydrogen) atoms. The van der Waals surface area contributed by atoms with E-state index in [9.17, 15) is 4.39 Å². The highest BCUT2D eigenvalue weighted by molar-refractivity contribution is 5.53. The van der Waals surface area contributed by atoms with E-state index in [2.05, 4.69) is 4.90 Å². The Kier molecular flexibility index (Phi) is 4.58. The van der Waals surface area contributed by atoms with Gasteiger partial charge in [0, 0.05) is 25.8 Å². The predicted octanol–water partition coefficient (Wildman–Crippen LogP) is 2.93. The quantitative estimate of drug-likeness (QED) is 0.911. The van der Waals surface area contributed by atoms with Crippen molar-refractivity contribution in [2.45, 2.75) is 13.1 Å². The molecule has 0 bridgehead atoms. The number of benzene rings is 2. The van der Waals surface area contributed by atoms with Crippen molar-refractivity contribution in [3.63, 3.8) is 0 Å². The van der Waals surface area contributed by atoms with Crippen LogP contribution in [0.15, 0.2) is 42.5 Å². The molecule has 2 N–H and O–H groups in total. The van der Waals surface area contributed by atoms with Crippen LogP contribution in [0.5, 0.6) is 5.75 Å². The number of anilines is 1. The molecule has 0 heterocycles. The van der Waals surface area contributed by atoms with Gasteiger partial charge in [-0.15, -0.1) is 0 Å². The number of nitrogens with two attached hydrogens (primary N) is 1. The Morgan fingerprint density at radius 3 is 2.60 bits per heavy atom. The molecule has 0 fully saturated rings. The number of rotatable bonds is 5. The third kappa shape index (κ3) is 3.08. The molecule has 4 heteroatoms. The van der Waals surface area contributed by atoms with Crippen molar-refractivity contribution in [2.75, 3.05) is 19.1 Å². The van der Waals surface area contributed by atoms with Crippen LogP contribution >= 0.6 is 0 Å². The van der Waals surface area contributed by atoms with Crippen molar-refractivity contribution >= 4 is 5.69 Å². The van der Waals surface area contributed by atoms with E-state index in [4.69, 9.17) is 10.5 Å². The summed E-state index contributed by atoms with van der Waals surface area (Å²) in [6.45, 7) is 1.09. The summed E-state index contributed by atoms with van der Waals surface area (Å²) in [5.74, 6) is -0.0794. The number of hydrogen-bond donors (Lipinski definition) is 1. The number of halogens is 1. The maximum Gasteiger partial charge on any atom is 0.165 e. The first-order valence-corrected chi connectivity index (χ1v) is 6.47. The average molecular weight is 274 g/mol. The fourth-order valence-corrected chi connectivity index (χ4v) is 2.22. The summed E-state index contributed by atoms with van der Waals surface area (Å²) in [5.41, 5.74) is 8.76. The number of hydrogen-bond acceptors (Lipinski definition) is 3. The molecule has 0 unspecified atom stereocenters. The minimum absolute atomic E-state index is 0.263. The van der Waals surface area contributed by atoms with Crippen molar-refractivity contribution in [1.29, 1.82) is 0 Å². The Balaban J connectivity index is 2.19. The second-order valence-corrected chi connectivity index (χ2v) is 4.66. The van der Waals surface area contributed by atoms with Crippen LogP contribution in [-0.4, -0.2) is 14.2 Å². The number of para-hydroxylation sites is 1. The molecule has 0 saturated carbocycles. The average Bonchev–Trinajstić information content (AvgIpc) is 2.47. The summed E-state index contributed by atoms with van der Waals surface area (Å²) in [5, 5.41) is 0. The molecule has 0 aliphatic rings. The molecule has 0 aliphatic heterocycles. The molecule has 2 aromatic rings. The van der Waals surface area contributed by atoms with Crippen molar-refractivity contribution in [3.05, 3.63) is 59.4 Å². The van der Waals surface area contributed by atoms with Crippen LogP contribution in [-0.2, 0) is 13.1 Å². The van der Waals surface area contributed by atoms with Gasteiger partial charge in [-0.2, -0.15) is 0 Å². The second-order valence-electron chi connectivity index (χ2n) is 4.66. The molecule has 0 saturated heterocycles. The second kappa shape index (κ2) is 6.39. The maximum atomic E-state index is 13.7. The van der Waals surface area contributed by atoms with Crippen molar-refractivity contribution in [1.82, 2.24) is 0 Å². The number of nitrogens with zero attached hydrogens (tertiary/aromatic N) is 1. The van der Waals surface area contributed by atoms with E-state index in [1.165, 1.54) is 13.2 Å². The zero-order chi connectivity index (χ0) is 14.5. The SMILES string of the molecule is COc1ccc(CN(C)c2ccccc2CN)cc1F. The van der Waals surface area contributed by atoms with Gasteiger partial charge in [-0.1, -0.05) is 24.3 Å². The van der Waals surface area contributed by atoms with Crippen molar-refractivity contribution in [3.8, 4) is 5.75 Å². The smallest absolute Gasteiger partial charge is 0.165 e. The van der Waals surface area contributed by atoms with Gasteiger partial charge in [0.1, 0.15) is 0 Å². The van der Waals surface area contributed by atoms with Crippen LogP contribution in [0.3, 0.4) is 0 Å². The Morgan fingerprint density at radius 2 is 1.95 bits per heavy atom. The number of ether oxygens (including phenoxy) is 1. The summed E-state index contributed by atoms with van der Waals surface area (Å²) in [7, 11) is 3.43. The fourth-order valence-electron chi connectivity index (χ4n) is 2.22. The Morgan fingerprint density at radius 1 is 1.20 bits per heavy atom. The molecule has 2 rings (SSSR count). The third-order valence-corrected chi connectivity index (χ3v) is 3.26. The highest BCUT2D eigenvalue weighted by Crippen LogP contribution is 2.23. The van der Waals surface area contributed by atoms with Crippen LogP contribution in [0.2, 0.25) is 0 Å². The zero-order valence-electron chi connectivity index (χ0n) is 11.8. The molecule has 2 aromatic carbocycles. The molecule has 0 amide bonds. The van der Waals surface area contributed by atoms with Gasteiger partial charge in [0.2, 0.25) is 0 Å². The van der Waals surface area contributed by atoms with Gasteiger partial charge < -0.3 is 15.4 Å². The monoisotopic (exact) mass is 274 g/mol. The lowest BCUT2D eigenvalue weighted by atomic mass is 10.1. The lowest BCUT2D eigenvalue weighted by Crippen LogP contribution is -2.19. The highest BCUT2D eigenvalue weighted by Gasteiger charge is 2.08. The van der Waals surface area contributed by atoms with Gasteiger partial charge in [-0.05, 0) is 29.3 Å². The van der Waals surface area contributed by atoms with E-state index < -0.39 is 0 Å². The topological polar surface area (TPSA) is 38.5 Å². The molecule has 3 nitrogen and oxygen atoms in total. The first-order chi connectivity index (χ1) is 9.65. The summed E-state index contributed by atoms with van der Waals surface area (Å²) >= 11 is 0. The van der Waals surface area contributed by atoms with E-state index in [1.807, 2.05) is 37.4 Å². The molecule has 0 aliphatic carbocycles. The van der Waals surface area contributed by atoms with Crippen LogP contribution < -0.4 is 15.4 Å². The molecule has 0 spiro atoms. The van der Waals surface area contributed by atoms with E-state index in [-0.39, 0.29) is 11.6 Å². The molecule has 106 valence electrons. The molecular formula is C16H19FN2O. The number of methoxy groups -OCH3 is 1. The maximum absolute atomic E-state index is 13.7. The van der Waals surface area contributed by atoms with E-state index in [0.717, 1.165) is 16.8 Å². The minimum atomic E-state index is -0.342. The van der Waals surface area contributed by atoms with Crippen LogP contribution in [0.4, 0.5) is 10.1 Å². The molecule has 0 atom stereocenters. The lowest BCUT2D eigenvalue weighted by molar-refractivity contribution is 0.386. The summed E-state index contributed by atoms with van der Waals surface area (Å²) in [6.07, 6.45) is 0. The van der Waals surface area contributed by atoms with Crippen molar-refractivity contribution in [2.24, 2.45) is 5.73 Å². The summed E-state index contributed by atoms with van der Waals surface area (Å²) in [6, 6.07) is 13.0. The Labute approximate surface area is 118 Å².